The molecule has 0 saturated heterocycles. The molecule has 1 N–H and O–H groups in total. The van der Waals surface area contributed by atoms with Crippen LogP contribution in [0, 0.1) is 0 Å². The zero-order valence-electron chi connectivity index (χ0n) is 12.0. The van der Waals surface area contributed by atoms with E-state index in [2.05, 4.69) is 48.1 Å². The first kappa shape index (κ1) is 13.7. The van der Waals surface area contributed by atoms with Crippen molar-refractivity contribution in [3.05, 3.63) is 36.2 Å². The van der Waals surface area contributed by atoms with Gasteiger partial charge in [0.1, 0.15) is 11.5 Å². The van der Waals surface area contributed by atoms with Crippen LogP contribution in [-0.4, -0.2) is 25.8 Å². The molecule has 0 unspecified atom stereocenters. The Morgan fingerprint density at radius 2 is 2.05 bits per heavy atom. The van der Waals surface area contributed by atoms with Gasteiger partial charge in [-0.15, -0.1) is 0 Å². The largest absolute Gasteiger partial charge is 0.309 e. The first-order chi connectivity index (χ1) is 9.08. The molecular weight excluding hydrogens is 238 g/mol. The third-order valence-electron chi connectivity index (χ3n) is 2.81. The van der Waals surface area contributed by atoms with Crippen LogP contribution in [0.5, 0.6) is 0 Å². The fraction of sp³-hybridized carbons (Fsp3) is 0.500. The Bertz CT molecular complexity index is 517. The molecule has 0 atom stereocenters. The number of aromatic nitrogens is 4. The van der Waals surface area contributed by atoms with Crippen molar-refractivity contribution in [2.45, 2.75) is 46.2 Å². The molecule has 0 saturated carbocycles. The zero-order chi connectivity index (χ0) is 13.8. The van der Waals surface area contributed by atoms with E-state index >= 15 is 0 Å². The molecule has 0 radical (unpaired) electrons. The molecule has 5 nitrogen and oxygen atoms in total. The van der Waals surface area contributed by atoms with Gasteiger partial charge in [-0.05, 0) is 6.07 Å². The van der Waals surface area contributed by atoms with Crippen molar-refractivity contribution < 1.29 is 0 Å². The van der Waals surface area contributed by atoms with E-state index < -0.39 is 0 Å². The second-order valence-corrected chi connectivity index (χ2v) is 5.20. The van der Waals surface area contributed by atoms with Gasteiger partial charge in [0.15, 0.2) is 0 Å². The maximum Gasteiger partial charge on any atom is 0.131 e. The van der Waals surface area contributed by atoms with Gasteiger partial charge in [-0.25, -0.2) is 14.6 Å². The molecule has 0 amide bonds. The lowest BCUT2D eigenvalue weighted by Crippen LogP contribution is -2.24. The normalized spacial score (nSPS) is 11.5. The lowest BCUT2D eigenvalue weighted by Gasteiger charge is -2.14. The third-order valence-corrected chi connectivity index (χ3v) is 2.81. The van der Waals surface area contributed by atoms with Gasteiger partial charge in [0.2, 0.25) is 0 Å². The average Bonchev–Trinajstić information content (AvgIpc) is 2.89. The van der Waals surface area contributed by atoms with Gasteiger partial charge in [0.05, 0.1) is 11.9 Å². The number of nitrogens with zero attached hydrogens (tertiary/aromatic N) is 4. The van der Waals surface area contributed by atoms with E-state index in [9.17, 15) is 0 Å². The predicted molar refractivity (Wildman–Crippen MR) is 75.2 cm³/mol. The standard InChI is InChI=1S/C14H21N5/c1-10(2)14-16-9-13(19-7-5-6-17-19)12(18-14)8-15-11(3)4/h5-7,9-11,15H,8H2,1-4H3. The SMILES string of the molecule is CC(C)NCc1nc(C(C)C)ncc1-n1cccn1. The Balaban J connectivity index is 2.36. The molecule has 19 heavy (non-hydrogen) atoms. The highest BCUT2D eigenvalue weighted by molar-refractivity contribution is 5.33. The van der Waals surface area contributed by atoms with Crippen LogP contribution in [-0.2, 0) is 6.54 Å². The van der Waals surface area contributed by atoms with Crippen LogP contribution in [0.3, 0.4) is 0 Å². The third kappa shape index (κ3) is 3.38. The van der Waals surface area contributed by atoms with E-state index in [0.29, 0.717) is 12.0 Å². The Kier molecular flexibility index (Phi) is 4.27. The van der Waals surface area contributed by atoms with Crippen molar-refractivity contribution in [2.24, 2.45) is 0 Å². The van der Waals surface area contributed by atoms with Crippen LogP contribution in [0.4, 0.5) is 0 Å². The summed E-state index contributed by atoms with van der Waals surface area (Å²) in [5, 5.41) is 7.66. The number of hydrogen-bond acceptors (Lipinski definition) is 4. The van der Waals surface area contributed by atoms with Gasteiger partial charge in [0.25, 0.3) is 0 Å². The first-order valence-electron chi connectivity index (χ1n) is 6.67. The van der Waals surface area contributed by atoms with Crippen LogP contribution in [0.15, 0.2) is 24.7 Å². The van der Waals surface area contributed by atoms with Crippen LogP contribution in [0.25, 0.3) is 5.69 Å². The van der Waals surface area contributed by atoms with Gasteiger partial charge in [-0.3, -0.25) is 0 Å². The van der Waals surface area contributed by atoms with E-state index in [1.807, 2.05) is 18.5 Å². The molecule has 2 heterocycles. The average molecular weight is 259 g/mol. The molecule has 0 fully saturated rings. The van der Waals surface area contributed by atoms with E-state index in [1.54, 1.807) is 10.9 Å². The Labute approximate surface area is 114 Å². The Hall–Kier alpha value is -1.75. The maximum absolute atomic E-state index is 4.67. The zero-order valence-corrected chi connectivity index (χ0v) is 12.0. The summed E-state index contributed by atoms with van der Waals surface area (Å²) in [6, 6.07) is 2.32. The molecule has 0 aliphatic rings. The molecule has 0 aliphatic heterocycles. The monoisotopic (exact) mass is 259 g/mol. The van der Waals surface area contributed by atoms with Crippen LogP contribution >= 0.6 is 0 Å². The van der Waals surface area contributed by atoms with Gasteiger partial charge in [-0.2, -0.15) is 5.10 Å². The number of rotatable bonds is 5. The summed E-state index contributed by atoms with van der Waals surface area (Å²) in [5.41, 5.74) is 1.92. The quantitative estimate of drug-likeness (QED) is 0.895. The summed E-state index contributed by atoms with van der Waals surface area (Å²) >= 11 is 0. The van der Waals surface area contributed by atoms with Gasteiger partial charge in [-0.1, -0.05) is 27.7 Å². The number of hydrogen-bond donors (Lipinski definition) is 1. The second-order valence-electron chi connectivity index (χ2n) is 5.20. The molecule has 0 spiro atoms. The van der Waals surface area contributed by atoms with E-state index in [4.69, 9.17) is 0 Å². The predicted octanol–water partition coefficient (Wildman–Crippen LogP) is 2.28. The highest BCUT2D eigenvalue weighted by Gasteiger charge is 2.11. The van der Waals surface area contributed by atoms with E-state index in [1.165, 1.54) is 0 Å². The molecule has 2 aromatic heterocycles. The fourth-order valence-electron chi connectivity index (χ4n) is 1.74. The van der Waals surface area contributed by atoms with Crippen molar-refractivity contribution in [3.8, 4) is 5.69 Å². The summed E-state index contributed by atoms with van der Waals surface area (Å²) in [5.74, 6) is 1.20. The van der Waals surface area contributed by atoms with Crippen molar-refractivity contribution in [3.63, 3.8) is 0 Å². The molecule has 0 aliphatic carbocycles. The molecule has 2 aromatic rings. The van der Waals surface area contributed by atoms with E-state index in [-0.39, 0.29) is 0 Å². The fourth-order valence-corrected chi connectivity index (χ4v) is 1.74. The Morgan fingerprint density at radius 3 is 2.63 bits per heavy atom. The van der Waals surface area contributed by atoms with E-state index in [0.717, 1.165) is 23.8 Å². The van der Waals surface area contributed by atoms with Crippen LogP contribution < -0.4 is 5.32 Å². The second kappa shape index (κ2) is 5.93. The summed E-state index contributed by atoms with van der Waals surface area (Å²) < 4.78 is 1.81. The minimum absolute atomic E-state index is 0.324. The minimum Gasteiger partial charge on any atom is -0.309 e. The van der Waals surface area contributed by atoms with Gasteiger partial charge < -0.3 is 5.32 Å². The topological polar surface area (TPSA) is 55.6 Å². The van der Waals surface area contributed by atoms with Crippen molar-refractivity contribution in [2.75, 3.05) is 0 Å². The number of nitrogens with one attached hydrogen (secondary N) is 1. The molecule has 0 bridgehead atoms. The molecule has 102 valence electrons. The Morgan fingerprint density at radius 1 is 1.26 bits per heavy atom. The summed E-state index contributed by atoms with van der Waals surface area (Å²) in [4.78, 5) is 9.09. The van der Waals surface area contributed by atoms with Crippen LogP contribution in [0.1, 0.15) is 45.1 Å². The van der Waals surface area contributed by atoms with Crippen molar-refractivity contribution in [1.29, 1.82) is 0 Å². The van der Waals surface area contributed by atoms with Gasteiger partial charge >= 0.3 is 0 Å². The van der Waals surface area contributed by atoms with Gasteiger partial charge in [0, 0.05) is 30.9 Å². The summed E-state index contributed by atoms with van der Waals surface area (Å²) in [7, 11) is 0. The maximum atomic E-state index is 4.67. The highest BCUT2D eigenvalue weighted by Crippen LogP contribution is 2.15. The van der Waals surface area contributed by atoms with Crippen molar-refractivity contribution >= 4 is 0 Å². The molecular formula is C14H21N5. The molecule has 5 heteroatoms. The molecule has 2 rings (SSSR count). The smallest absolute Gasteiger partial charge is 0.131 e. The van der Waals surface area contributed by atoms with Crippen molar-refractivity contribution in [1.82, 2.24) is 25.1 Å². The lowest BCUT2D eigenvalue weighted by molar-refractivity contribution is 0.573. The molecule has 0 aromatic carbocycles. The highest BCUT2D eigenvalue weighted by atomic mass is 15.3. The lowest BCUT2D eigenvalue weighted by atomic mass is 10.2. The summed E-state index contributed by atoms with van der Waals surface area (Å²) in [6.07, 6.45) is 5.52. The minimum atomic E-state index is 0.324. The summed E-state index contributed by atoms with van der Waals surface area (Å²) in [6.45, 7) is 9.16. The van der Waals surface area contributed by atoms with Crippen LogP contribution in [0.2, 0.25) is 0 Å². The first-order valence-corrected chi connectivity index (χ1v) is 6.67.